The van der Waals surface area contributed by atoms with E-state index < -0.39 is 47.3 Å². The van der Waals surface area contributed by atoms with Crippen molar-refractivity contribution in [3.8, 4) is 0 Å². The molecule has 5 amide bonds. The minimum absolute atomic E-state index is 0.0195. The fourth-order valence-corrected chi connectivity index (χ4v) is 9.75. The number of esters is 1. The summed E-state index contributed by atoms with van der Waals surface area (Å²) < 4.78 is 5.25. The van der Waals surface area contributed by atoms with Gasteiger partial charge in [-0.3, -0.25) is 24.0 Å². The molecule has 4 N–H and O–H groups in total. The predicted octanol–water partition coefficient (Wildman–Crippen LogP) is 4.06. The molecular formula is C38H59N5O7. The number of allylic oxidation sites excluding steroid dienone is 1. The van der Waals surface area contributed by atoms with Crippen LogP contribution in [0.5, 0.6) is 0 Å². The molecule has 6 rings (SSSR count). The highest BCUT2D eigenvalue weighted by Crippen LogP contribution is 2.55. The summed E-state index contributed by atoms with van der Waals surface area (Å²) in [5, 5.41) is 11.7. The second kappa shape index (κ2) is 16.3. The highest BCUT2D eigenvalue weighted by atomic mass is 16.6. The second-order valence-electron chi connectivity index (χ2n) is 16.7. The first-order valence-electron chi connectivity index (χ1n) is 19.1. The minimum atomic E-state index is -1.13. The number of nitrogens with zero attached hydrogens (tertiary/aromatic N) is 1. The van der Waals surface area contributed by atoms with E-state index >= 15 is 0 Å². The minimum Gasteiger partial charge on any atom is -0.460 e. The Morgan fingerprint density at radius 1 is 0.900 bits per heavy atom. The van der Waals surface area contributed by atoms with E-state index in [4.69, 9.17) is 4.74 Å². The molecule has 1 aliphatic heterocycles. The molecule has 5 saturated carbocycles. The number of hydrogen-bond donors (Lipinski definition) is 4. The van der Waals surface area contributed by atoms with E-state index in [1.54, 1.807) is 31.7 Å². The van der Waals surface area contributed by atoms with Crippen LogP contribution in [0.2, 0.25) is 0 Å². The van der Waals surface area contributed by atoms with E-state index in [2.05, 4.69) is 27.8 Å². The van der Waals surface area contributed by atoms with Crippen LogP contribution < -0.4 is 21.3 Å². The van der Waals surface area contributed by atoms with Gasteiger partial charge in [0, 0.05) is 18.6 Å². The number of Topliss-reactive ketones (excluding diaryl/α,β-unsaturated/α-hetero) is 1. The van der Waals surface area contributed by atoms with Crippen molar-refractivity contribution in [2.24, 2.45) is 23.7 Å². The molecule has 1 heterocycles. The van der Waals surface area contributed by atoms with E-state index in [1.165, 1.54) is 19.3 Å². The Morgan fingerprint density at radius 2 is 1.54 bits per heavy atom. The molecule has 12 heteroatoms. The summed E-state index contributed by atoms with van der Waals surface area (Å²) in [6, 6.07) is -2.98. The summed E-state index contributed by atoms with van der Waals surface area (Å²) in [5.41, 5.74) is -0.858. The van der Waals surface area contributed by atoms with Crippen molar-refractivity contribution in [1.29, 1.82) is 0 Å². The van der Waals surface area contributed by atoms with Crippen LogP contribution in [-0.4, -0.2) is 82.8 Å². The number of ether oxygens (including phenoxy) is 1. The summed E-state index contributed by atoms with van der Waals surface area (Å²) in [6.07, 6.45) is 14.6. The van der Waals surface area contributed by atoms with Crippen molar-refractivity contribution in [3.05, 3.63) is 12.7 Å². The number of carbonyl (C=O) groups is 6. The van der Waals surface area contributed by atoms with Crippen LogP contribution in [-0.2, 0) is 28.7 Å². The highest BCUT2D eigenvalue weighted by Gasteiger charge is 2.52. The molecule has 0 aromatic carbocycles. The Balaban J connectivity index is 1.21. The molecule has 6 fully saturated rings. The lowest BCUT2D eigenvalue weighted by atomic mass is 9.53. The highest BCUT2D eigenvalue weighted by molar-refractivity contribution is 6.38. The van der Waals surface area contributed by atoms with E-state index in [9.17, 15) is 28.8 Å². The van der Waals surface area contributed by atoms with Crippen molar-refractivity contribution in [3.63, 3.8) is 0 Å². The van der Waals surface area contributed by atoms with Gasteiger partial charge in [-0.15, -0.1) is 6.58 Å². The van der Waals surface area contributed by atoms with Crippen molar-refractivity contribution >= 4 is 35.5 Å². The summed E-state index contributed by atoms with van der Waals surface area (Å²) in [5.74, 6) is -1.00. The maximum absolute atomic E-state index is 14.3. The molecule has 1 unspecified atom stereocenters. The maximum atomic E-state index is 14.3. The second-order valence-corrected chi connectivity index (χ2v) is 16.7. The first kappa shape index (κ1) is 37.8. The van der Waals surface area contributed by atoms with Gasteiger partial charge in [-0.25, -0.2) is 4.79 Å². The van der Waals surface area contributed by atoms with Gasteiger partial charge >= 0.3 is 12.0 Å². The first-order valence-corrected chi connectivity index (χ1v) is 19.1. The third-order valence-electron chi connectivity index (χ3n) is 11.5. The van der Waals surface area contributed by atoms with Crippen molar-refractivity contribution in [2.45, 2.75) is 153 Å². The number of carbonyl (C=O) groups excluding carboxylic acids is 6. The molecule has 0 spiro atoms. The zero-order valence-electron chi connectivity index (χ0n) is 30.4. The Labute approximate surface area is 297 Å². The van der Waals surface area contributed by atoms with Gasteiger partial charge in [-0.05, 0) is 121 Å². The first-order chi connectivity index (χ1) is 23.8. The van der Waals surface area contributed by atoms with Crippen molar-refractivity contribution < 1.29 is 33.5 Å². The smallest absolute Gasteiger partial charge is 0.315 e. The van der Waals surface area contributed by atoms with Gasteiger partial charge in [0.1, 0.15) is 17.7 Å². The topological polar surface area (TPSA) is 163 Å². The van der Waals surface area contributed by atoms with Crippen LogP contribution in [0.1, 0.15) is 124 Å². The molecule has 0 radical (unpaired) electrons. The summed E-state index contributed by atoms with van der Waals surface area (Å²) in [4.78, 5) is 81.4. The Kier molecular flexibility index (Phi) is 12.3. The molecule has 4 bridgehead atoms. The molecule has 5 aliphatic carbocycles. The van der Waals surface area contributed by atoms with Crippen LogP contribution in [0.15, 0.2) is 12.7 Å². The van der Waals surface area contributed by atoms with E-state index in [0.717, 1.165) is 51.4 Å². The number of likely N-dealkylation sites (tertiary alicyclic amines) is 1. The number of urea groups is 1. The van der Waals surface area contributed by atoms with Gasteiger partial charge < -0.3 is 30.9 Å². The average Bonchev–Trinajstić information content (AvgIpc) is 3.54. The van der Waals surface area contributed by atoms with E-state index in [0.29, 0.717) is 43.6 Å². The molecule has 50 heavy (non-hydrogen) atoms. The zero-order chi connectivity index (χ0) is 36.1. The SMILES string of the molecule is C=CCCC(NC(=O)[C@@H]1CCCN1C(=O)[C@@H](NC(=O)NC12CC3CC(CC(C3)C1)C2)C1CCCCC1)C(=O)C(=O)NCCC(=O)OC(C)(C)C. The van der Waals surface area contributed by atoms with Gasteiger partial charge in [0.25, 0.3) is 5.91 Å². The lowest BCUT2D eigenvalue weighted by Crippen LogP contribution is -2.64. The monoisotopic (exact) mass is 697 g/mol. The number of rotatable bonds is 14. The Morgan fingerprint density at radius 3 is 2.14 bits per heavy atom. The Bertz CT molecular complexity index is 1270. The van der Waals surface area contributed by atoms with E-state index in [1.807, 2.05) is 0 Å². The summed E-state index contributed by atoms with van der Waals surface area (Å²) in [7, 11) is 0. The third-order valence-corrected chi connectivity index (χ3v) is 11.5. The van der Waals surface area contributed by atoms with Crippen LogP contribution in [0, 0.1) is 23.7 Å². The molecule has 3 atom stereocenters. The van der Waals surface area contributed by atoms with Crippen LogP contribution >= 0.6 is 0 Å². The third kappa shape index (κ3) is 9.66. The fourth-order valence-electron chi connectivity index (χ4n) is 9.75. The van der Waals surface area contributed by atoms with Crippen molar-refractivity contribution in [1.82, 2.24) is 26.2 Å². The molecule has 0 aromatic rings. The number of hydrogen-bond acceptors (Lipinski definition) is 7. The average molecular weight is 698 g/mol. The molecule has 1 saturated heterocycles. The van der Waals surface area contributed by atoms with Crippen LogP contribution in [0.4, 0.5) is 4.79 Å². The van der Waals surface area contributed by atoms with E-state index in [-0.39, 0.29) is 42.8 Å². The summed E-state index contributed by atoms with van der Waals surface area (Å²) >= 11 is 0. The van der Waals surface area contributed by atoms with Gasteiger partial charge in [0.2, 0.25) is 17.6 Å². The Hall–Kier alpha value is -3.44. The lowest BCUT2D eigenvalue weighted by molar-refractivity contribution is -0.154. The molecule has 278 valence electrons. The van der Waals surface area contributed by atoms with Gasteiger partial charge in [0.05, 0.1) is 12.5 Å². The quantitative estimate of drug-likeness (QED) is 0.121. The molecule has 0 aromatic heterocycles. The summed E-state index contributed by atoms with van der Waals surface area (Å²) in [6.45, 7) is 9.22. The van der Waals surface area contributed by atoms with Crippen LogP contribution in [0.25, 0.3) is 0 Å². The molecular weight excluding hydrogens is 638 g/mol. The van der Waals surface area contributed by atoms with Gasteiger partial charge in [-0.1, -0.05) is 25.3 Å². The standard InChI is InChI=1S/C38H59N5O7/c1-5-6-13-28(32(45)34(47)39-16-15-30(44)50-37(2,3)4)40-33(46)29-14-10-17-43(29)35(48)31(27-11-8-7-9-12-27)41-36(49)42-38-21-24-18-25(22-38)20-26(19-24)23-38/h5,24-29,31H,1,6-23H2,2-4H3,(H,39,47)(H,40,46)(H2,41,42,49)/t24?,25?,26?,28?,29-,31-,38?/m0/s1. The molecule has 12 nitrogen and oxygen atoms in total. The lowest BCUT2D eigenvalue weighted by Gasteiger charge is -2.56. The number of amides is 5. The number of nitrogens with one attached hydrogen (secondary N) is 4. The largest absolute Gasteiger partial charge is 0.460 e. The molecule has 6 aliphatic rings. The normalized spacial score (nSPS) is 28.7. The maximum Gasteiger partial charge on any atom is 0.315 e. The predicted molar refractivity (Wildman–Crippen MR) is 188 cm³/mol. The van der Waals surface area contributed by atoms with Gasteiger partial charge in [-0.2, -0.15) is 0 Å². The fraction of sp³-hybridized carbons (Fsp3) is 0.789. The number of ketones is 1. The van der Waals surface area contributed by atoms with Crippen LogP contribution in [0.3, 0.4) is 0 Å². The van der Waals surface area contributed by atoms with Gasteiger partial charge in [0.15, 0.2) is 0 Å². The zero-order valence-corrected chi connectivity index (χ0v) is 30.4. The van der Waals surface area contributed by atoms with Crippen molar-refractivity contribution in [2.75, 3.05) is 13.1 Å².